The van der Waals surface area contributed by atoms with Crippen molar-refractivity contribution in [3.63, 3.8) is 0 Å². The molecular weight excluding hydrogens is 394 g/mol. The van der Waals surface area contributed by atoms with E-state index in [0.717, 1.165) is 22.9 Å². The maximum absolute atomic E-state index is 11.4. The van der Waals surface area contributed by atoms with Gasteiger partial charge in [-0.15, -0.1) is 0 Å². The summed E-state index contributed by atoms with van der Waals surface area (Å²) in [5.74, 6) is 0.201. The van der Waals surface area contributed by atoms with Crippen LogP contribution in [0.3, 0.4) is 0 Å². The van der Waals surface area contributed by atoms with Gasteiger partial charge in [0.25, 0.3) is 0 Å². The van der Waals surface area contributed by atoms with Gasteiger partial charge in [0.1, 0.15) is 5.69 Å². The molecule has 32 heavy (non-hydrogen) atoms. The number of benzene rings is 1. The maximum atomic E-state index is 11.4. The van der Waals surface area contributed by atoms with Crippen molar-refractivity contribution in [3.8, 4) is 0 Å². The zero-order valence-corrected chi connectivity index (χ0v) is 21.2. The summed E-state index contributed by atoms with van der Waals surface area (Å²) in [5.41, 5.74) is 2.46. The number of rotatable bonds is 11. The number of aromatic nitrogens is 1. The highest BCUT2D eigenvalue weighted by atomic mass is 16.4. The Balaban J connectivity index is 2.35. The second-order valence-corrected chi connectivity index (χ2v) is 11.2. The minimum absolute atomic E-state index is 0.101. The zero-order valence-electron chi connectivity index (χ0n) is 21.2. The van der Waals surface area contributed by atoms with Gasteiger partial charge < -0.3 is 5.11 Å². The predicted molar refractivity (Wildman–Crippen MR) is 136 cm³/mol. The number of hydrogen-bond donors (Lipinski definition) is 1. The SMILES string of the molecule is CCCCC(CC)C(C=CCc1cccc2ccc(C(=O)O)nc12)C(C)(C)CC(C)(C)C. The van der Waals surface area contributed by atoms with Gasteiger partial charge >= 0.3 is 5.97 Å². The Kier molecular flexibility index (Phi) is 9.07. The lowest BCUT2D eigenvalue weighted by atomic mass is 9.63. The molecule has 0 saturated carbocycles. The molecular formula is C29H43NO2. The number of carboxylic acids is 1. The molecule has 3 heteroatoms. The van der Waals surface area contributed by atoms with Crippen molar-refractivity contribution in [1.29, 1.82) is 0 Å². The van der Waals surface area contributed by atoms with Crippen LogP contribution in [0.5, 0.6) is 0 Å². The lowest BCUT2D eigenvalue weighted by Crippen LogP contribution is -2.33. The van der Waals surface area contributed by atoms with Crippen LogP contribution in [-0.2, 0) is 6.42 Å². The molecule has 1 aromatic heterocycles. The van der Waals surface area contributed by atoms with E-state index in [0.29, 0.717) is 11.8 Å². The molecule has 2 unspecified atom stereocenters. The van der Waals surface area contributed by atoms with E-state index in [9.17, 15) is 9.90 Å². The molecule has 3 nitrogen and oxygen atoms in total. The highest BCUT2D eigenvalue weighted by Crippen LogP contribution is 2.45. The van der Waals surface area contributed by atoms with Crippen molar-refractivity contribution < 1.29 is 9.90 Å². The van der Waals surface area contributed by atoms with E-state index in [1.54, 1.807) is 6.07 Å². The summed E-state index contributed by atoms with van der Waals surface area (Å²) in [5, 5.41) is 10.3. The molecule has 0 aliphatic rings. The minimum atomic E-state index is -0.983. The number of carboxylic acid groups (broad SMARTS) is 1. The number of aromatic carboxylic acids is 1. The Morgan fingerprint density at radius 1 is 1.09 bits per heavy atom. The highest BCUT2D eigenvalue weighted by molar-refractivity contribution is 5.90. The highest BCUT2D eigenvalue weighted by Gasteiger charge is 2.35. The van der Waals surface area contributed by atoms with Crippen molar-refractivity contribution in [2.24, 2.45) is 22.7 Å². The fourth-order valence-electron chi connectivity index (χ4n) is 5.48. The summed E-state index contributed by atoms with van der Waals surface area (Å²) in [6.45, 7) is 16.5. The monoisotopic (exact) mass is 437 g/mol. The fourth-order valence-corrected chi connectivity index (χ4v) is 5.48. The Bertz CT molecular complexity index is 920. The van der Waals surface area contributed by atoms with E-state index in [1.165, 1.54) is 32.1 Å². The summed E-state index contributed by atoms with van der Waals surface area (Å²) in [7, 11) is 0. The number of fused-ring (bicyclic) bond motifs is 1. The van der Waals surface area contributed by atoms with E-state index < -0.39 is 5.97 Å². The first-order valence-electron chi connectivity index (χ1n) is 12.3. The van der Waals surface area contributed by atoms with Gasteiger partial charge in [0, 0.05) is 5.39 Å². The molecule has 1 aromatic carbocycles. The van der Waals surface area contributed by atoms with Crippen LogP contribution in [0.4, 0.5) is 0 Å². The van der Waals surface area contributed by atoms with Gasteiger partial charge in [-0.3, -0.25) is 0 Å². The first kappa shape index (κ1) is 26.1. The standard InChI is InChI=1S/C29H43NO2/c1-8-10-13-21(9-2)24(29(6,7)20-28(3,4)5)17-12-16-22-14-11-15-23-18-19-25(27(31)32)30-26(22)23/h11-12,14-15,17-19,21,24H,8-10,13,16,20H2,1-7H3,(H,31,32). The van der Waals surface area contributed by atoms with Crippen LogP contribution in [0.25, 0.3) is 10.9 Å². The molecule has 0 aliphatic carbocycles. The Morgan fingerprint density at radius 2 is 1.81 bits per heavy atom. The van der Waals surface area contributed by atoms with Gasteiger partial charge in [-0.05, 0) is 53.6 Å². The molecule has 0 spiro atoms. The fraction of sp³-hybridized carbons (Fsp3) is 0.586. The van der Waals surface area contributed by atoms with Crippen molar-refractivity contribution in [2.45, 2.75) is 87.0 Å². The lowest BCUT2D eigenvalue weighted by Gasteiger charge is -2.42. The van der Waals surface area contributed by atoms with Crippen molar-refractivity contribution in [2.75, 3.05) is 0 Å². The van der Waals surface area contributed by atoms with Crippen LogP contribution in [-0.4, -0.2) is 16.1 Å². The van der Waals surface area contributed by atoms with Crippen molar-refractivity contribution in [3.05, 3.63) is 53.7 Å². The van der Waals surface area contributed by atoms with E-state index in [4.69, 9.17) is 0 Å². The summed E-state index contributed by atoms with van der Waals surface area (Å²) < 4.78 is 0. The second kappa shape index (κ2) is 11.1. The first-order chi connectivity index (χ1) is 15.0. The van der Waals surface area contributed by atoms with Gasteiger partial charge in [0.15, 0.2) is 0 Å². The largest absolute Gasteiger partial charge is 0.477 e. The summed E-state index contributed by atoms with van der Waals surface area (Å²) in [6, 6.07) is 9.52. The Labute approximate surface area is 195 Å². The second-order valence-electron chi connectivity index (χ2n) is 11.2. The molecule has 176 valence electrons. The van der Waals surface area contributed by atoms with Crippen LogP contribution in [0, 0.1) is 22.7 Å². The quantitative estimate of drug-likeness (QED) is 0.359. The topological polar surface area (TPSA) is 50.2 Å². The summed E-state index contributed by atoms with van der Waals surface area (Å²) in [4.78, 5) is 15.8. The number of nitrogens with zero attached hydrogens (tertiary/aromatic N) is 1. The molecule has 0 aliphatic heterocycles. The molecule has 0 radical (unpaired) electrons. The smallest absolute Gasteiger partial charge is 0.354 e. The number of allylic oxidation sites excluding steroid dienone is 2. The zero-order chi connectivity index (χ0) is 23.9. The van der Waals surface area contributed by atoms with Crippen LogP contribution in [0.2, 0.25) is 0 Å². The number of hydrogen-bond acceptors (Lipinski definition) is 2. The van der Waals surface area contributed by atoms with Crippen molar-refractivity contribution >= 4 is 16.9 Å². The van der Waals surface area contributed by atoms with Crippen molar-refractivity contribution in [1.82, 2.24) is 4.98 Å². The average Bonchev–Trinajstić information content (AvgIpc) is 2.70. The van der Waals surface area contributed by atoms with E-state index >= 15 is 0 Å². The molecule has 2 atom stereocenters. The summed E-state index contributed by atoms with van der Waals surface area (Å²) in [6.07, 6.45) is 11.7. The van der Waals surface area contributed by atoms with Crippen LogP contribution < -0.4 is 0 Å². The summed E-state index contributed by atoms with van der Waals surface area (Å²) >= 11 is 0. The third-order valence-electron chi connectivity index (χ3n) is 6.55. The number of carbonyl (C=O) groups is 1. The van der Waals surface area contributed by atoms with Gasteiger partial charge in [-0.25, -0.2) is 9.78 Å². The molecule has 0 saturated heterocycles. The molecule has 1 heterocycles. The number of para-hydroxylation sites is 1. The Morgan fingerprint density at radius 3 is 2.41 bits per heavy atom. The third kappa shape index (κ3) is 7.18. The van der Waals surface area contributed by atoms with Gasteiger partial charge in [0.2, 0.25) is 0 Å². The molecule has 1 N–H and O–H groups in total. The molecule has 0 bridgehead atoms. The Hall–Kier alpha value is -2.16. The van der Waals surface area contributed by atoms with E-state index in [1.807, 2.05) is 18.2 Å². The van der Waals surface area contributed by atoms with Crippen LogP contribution in [0.1, 0.15) is 96.6 Å². The van der Waals surface area contributed by atoms with Gasteiger partial charge in [-0.2, -0.15) is 0 Å². The van der Waals surface area contributed by atoms with Gasteiger partial charge in [-0.1, -0.05) is 104 Å². The minimum Gasteiger partial charge on any atom is -0.477 e. The molecule has 0 fully saturated rings. The molecule has 2 aromatic rings. The lowest BCUT2D eigenvalue weighted by molar-refractivity contribution is 0.0691. The molecule has 0 amide bonds. The number of unbranched alkanes of at least 4 members (excludes halogenated alkanes) is 1. The predicted octanol–water partition coefficient (Wildman–Crippen LogP) is 8.33. The third-order valence-corrected chi connectivity index (χ3v) is 6.55. The maximum Gasteiger partial charge on any atom is 0.354 e. The average molecular weight is 438 g/mol. The normalized spacial score (nSPS) is 14.7. The van der Waals surface area contributed by atoms with Crippen LogP contribution in [0.15, 0.2) is 42.5 Å². The number of pyridine rings is 1. The first-order valence-corrected chi connectivity index (χ1v) is 12.3. The molecule has 2 rings (SSSR count). The van der Waals surface area contributed by atoms with Crippen LogP contribution >= 0.6 is 0 Å². The van der Waals surface area contributed by atoms with Gasteiger partial charge in [0.05, 0.1) is 5.52 Å². The van der Waals surface area contributed by atoms with E-state index in [2.05, 4.69) is 71.7 Å². The van der Waals surface area contributed by atoms with E-state index in [-0.39, 0.29) is 16.5 Å².